The first-order valence-electron chi connectivity index (χ1n) is 4.31. The fourth-order valence-electron chi connectivity index (χ4n) is 1.56. The van der Waals surface area contributed by atoms with Crippen molar-refractivity contribution in [2.24, 2.45) is 0 Å². The van der Waals surface area contributed by atoms with Crippen molar-refractivity contribution < 1.29 is 32.9 Å². The molecule has 0 bridgehead atoms. The Kier molecular flexibility index (Phi) is 3.83. The minimum Gasteiger partial charge on any atom is -1.00 e. The molecule has 0 fully saturated rings. The fraction of sp³-hybridized carbons (Fsp3) is 0.300. The van der Waals surface area contributed by atoms with E-state index >= 15 is 0 Å². The molecule has 0 aliphatic rings. The minimum atomic E-state index is -0.160. The van der Waals surface area contributed by atoms with E-state index in [0.717, 1.165) is 16.8 Å². The van der Waals surface area contributed by atoms with Gasteiger partial charge in [0.2, 0.25) is 10.5 Å². The SMILES string of the molecule is CC[n+]1c(C)sc2ccc(F)cc21.[I-]. The van der Waals surface area contributed by atoms with Crippen molar-refractivity contribution in [3.05, 3.63) is 29.0 Å². The molecule has 0 saturated heterocycles. The van der Waals surface area contributed by atoms with Crippen molar-refractivity contribution in [2.75, 3.05) is 0 Å². The van der Waals surface area contributed by atoms with Gasteiger partial charge in [-0.3, -0.25) is 0 Å². The van der Waals surface area contributed by atoms with E-state index in [2.05, 4.69) is 18.4 Å². The quantitative estimate of drug-likeness (QED) is 0.499. The third-order valence-corrected chi connectivity index (χ3v) is 3.25. The van der Waals surface area contributed by atoms with E-state index in [1.165, 1.54) is 11.1 Å². The number of aromatic nitrogens is 1. The summed E-state index contributed by atoms with van der Waals surface area (Å²) < 4.78 is 16.2. The van der Waals surface area contributed by atoms with E-state index in [0.29, 0.717) is 0 Å². The number of hydrogen-bond donors (Lipinski definition) is 0. The van der Waals surface area contributed by atoms with Gasteiger partial charge < -0.3 is 24.0 Å². The molecule has 2 aromatic rings. The molecule has 0 aliphatic heterocycles. The van der Waals surface area contributed by atoms with Gasteiger partial charge in [0.1, 0.15) is 17.1 Å². The highest BCUT2D eigenvalue weighted by Crippen LogP contribution is 2.20. The summed E-state index contributed by atoms with van der Waals surface area (Å²) in [6, 6.07) is 4.95. The van der Waals surface area contributed by atoms with Crippen LogP contribution in [0.2, 0.25) is 0 Å². The highest BCUT2D eigenvalue weighted by Gasteiger charge is 2.15. The summed E-state index contributed by atoms with van der Waals surface area (Å²) in [5.74, 6) is -0.160. The predicted molar refractivity (Wildman–Crippen MR) is 52.4 cm³/mol. The lowest BCUT2D eigenvalue weighted by atomic mass is 10.3. The first-order valence-corrected chi connectivity index (χ1v) is 5.12. The summed E-state index contributed by atoms with van der Waals surface area (Å²) in [6.45, 7) is 5.03. The second-order valence-electron chi connectivity index (χ2n) is 2.98. The van der Waals surface area contributed by atoms with Crippen LogP contribution in [0.3, 0.4) is 0 Å². The van der Waals surface area contributed by atoms with Gasteiger partial charge in [0.15, 0.2) is 0 Å². The second-order valence-corrected chi connectivity index (χ2v) is 4.21. The summed E-state index contributed by atoms with van der Waals surface area (Å²) in [4.78, 5) is 0. The predicted octanol–water partition coefficient (Wildman–Crippen LogP) is -0.340. The number of benzene rings is 1. The largest absolute Gasteiger partial charge is 1.00 e. The summed E-state index contributed by atoms with van der Waals surface area (Å²) in [7, 11) is 0. The highest BCUT2D eigenvalue weighted by molar-refractivity contribution is 7.18. The lowest BCUT2D eigenvalue weighted by Crippen LogP contribution is -3.00. The molecule has 1 aromatic carbocycles. The summed E-state index contributed by atoms with van der Waals surface area (Å²) >= 11 is 1.71. The number of rotatable bonds is 1. The van der Waals surface area contributed by atoms with Gasteiger partial charge in [-0.1, -0.05) is 11.3 Å². The zero-order valence-electron chi connectivity index (χ0n) is 8.05. The molecule has 2 rings (SSSR count). The van der Waals surface area contributed by atoms with Crippen molar-refractivity contribution in [2.45, 2.75) is 20.4 Å². The Morgan fingerprint density at radius 2 is 2.14 bits per heavy atom. The zero-order valence-corrected chi connectivity index (χ0v) is 11.0. The van der Waals surface area contributed by atoms with E-state index in [4.69, 9.17) is 0 Å². The summed E-state index contributed by atoms with van der Waals surface area (Å²) in [5, 5.41) is 1.23. The van der Waals surface area contributed by atoms with Gasteiger partial charge in [-0.25, -0.2) is 4.39 Å². The van der Waals surface area contributed by atoms with Gasteiger partial charge in [-0.05, 0) is 19.1 Å². The van der Waals surface area contributed by atoms with E-state index in [9.17, 15) is 4.39 Å². The monoisotopic (exact) mass is 323 g/mol. The lowest BCUT2D eigenvalue weighted by molar-refractivity contribution is -0.669. The normalized spacial score (nSPS) is 10.2. The van der Waals surface area contributed by atoms with E-state index in [1.807, 2.05) is 6.07 Å². The Bertz CT molecular complexity index is 453. The minimum absolute atomic E-state index is 0. The molecule has 1 heterocycles. The van der Waals surface area contributed by atoms with E-state index < -0.39 is 0 Å². The van der Waals surface area contributed by atoms with Gasteiger partial charge in [-0.15, -0.1) is 0 Å². The Morgan fingerprint density at radius 1 is 1.43 bits per heavy atom. The molecule has 1 aromatic heterocycles. The van der Waals surface area contributed by atoms with Crippen molar-refractivity contribution in [1.29, 1.82) is 0 Å². The third-order valence-electron chi connectivity index (χ3n) is 2.17. The molecule has 14 heavy (non-hydrogen) atoms. The van der Waals surface area contributed by atoms with Crippen molar-refractivity contribution in [1.82, 2.24) is 0 Å². The number of fused-ring (bicyclic) bond motifs is 1. The molecule has 4 heteroatoms. The van der Waals surface area contributed by atoms with Crippen LogP contribution in [0.25, 0.3) is 10.2 Å². The maximum atomic E-state index is 13.0. The maximum Gasteiger partial charge on any atom is 0.235 e. The van der Waals surface area contributed by atoms with Gasteiger partial charge in [-0.2, -0.15) is 4.57 Å². The number of hydrogen-bond acceptors (Lipinski definition) is 1. The molecule has 1 nitrogen and oxygen atoms in total. The van der Waals surface area contributed by atoms with E-state index in [-0.39, 0.29) is 29.8 Å². The van der Waals surface area contributed by atoms with Crippen LogP contribution < -0.4 is 28.5 Å². The smallest absolute Gasteiger partial charge is 0.235 e. The first kappa shape index (κ1) is 11.8. The topological polar surface area (TPSA) is 3.88 Å². The Labute approximate surface area is 104 Å². The second kappa shape index (κ2) is 4.53. The molecule has 0 aliphatic carbocycles. The Balaban J connectivity index is 0.000000980. The molecular formula is C10H11FINS. The number of aryl methyl sites for hydroxylation is 2. The number of thiazole rings is 1. The van der Waals surface area contributed by atoms with Crippen LogP contribution in [0.15, 0.2) is 18.2 Å². The van der Waals surface area contributed by atoms with Crippen LogP contribution in [0.4, 0.5) is 4.39 Å². The molecular weight excluding hydrogens is 312 g/mol. The zero-order chi connectivity index (χ0) is 9.42. The van der Waals surface area contributed by atoms with Crippen LogP contribution in [0, 0.1) is 12.7 Å². The molecule has 0 N–H and O–H groups in total. The number of nitrogens with zero attached hydrogens (tertiary/aromatic N) is 1. The maximum absolute atomic E-state index is 13.0. The molecule has 0 unspecified atom stereocenters. The summed E-state index contributed by atoms with van der Waals surface area (Å²) in [6.07, 6.45) is 0. The first-order chi connectivity index (χ1) is 6.22. The molecule has 76 valence electrons. The van der Waals surface area contributed by atoms with Crippen molar-refractivity contribution >= 4 is 21.6 Å². The standard InChI is InChI=1S/C10H11FNS.HI/c1-3-12-7(2)13-10-5-4-8(11)6-9(10)12;/h4-6H,3H2,1-2H3;1H/q+1;/p-1. The van der Waals surface area contributed by atoms with E-state index in [1.54, 1.807) is 17.4 Å². The van der Waals surface area contributed by atoms with Crippen molar-refractivity contribution in [3.8, 4) is 0 Å². The van der Waals surface area contributed by atoms with Gasteiger partial charge >= 0.3 is 0 Å². The molecule has 0 atom stereocenters. The van der Waals surface area contributed by atoms with Crippen LogP contribution in [-0.4, -0.2) is 0 Å². The lowest BCUT2D eigenvalue weighted by Gasteiger charge is -1.90. The van der Waals surface area contributed by atoms with Crippen LogP contribution in [-0.2, 0) is 6.54 Å². The number of halogens is 2. The average molecular weight is 323 g/mol. The van der Waals surface area contributed by atoms with Crippen LogP contribution in [0.5, 0.6) is 0 Å². The van der Waals surface area contributed by atoms with Crippen LogP contribution >= 0.6 is 11.3 Å². The van der Waals surface area contributed by atoms with Crippen molar-refractivity contribution in [3.63, 3.8) is 0 Å². The average Bonchev–Trinajstić information content (AvgIpc) is 2.40. The molecule has 0 radical (unpaired) electrons. The van der Waals surface area contributed by atoms with Gasteiger partial charge in [0.05, 0.1) is 0 Å². The fourth-order valence-corrected chi connectivity index (χ4v) is 2.63. The summed E-state index contributed by atoms with van der Waals surface area (Å²) in [5.41, 5.74) is 1.00. The van der Waals surface area contributed by atoms with Gasteiger partial charge in [0.25, 0.3) is 0 Å². The highest BCUT2D eigenvalue weighted by atomic mass is 127. The van der Waals surface area contributed by atoms with Crippen LogP contribution in [0.1, 0.15) is 11.9 Å². The molecule has 0 amide bonds. The van der Waals surface area contributed by atoms with Gasteiger partial charge in [0, 0.05) is 13.0 Å². The Morgan fingerprint density at radius 3 is 2.79 bits per heavy atom. The molecule has 0 spiro atoms. The third kappa shape index (κ3) is 1.91. The molecule has 0 saturated carbocycles. The Hall–Kier alpha value is -0.230.